The van der Waals surface area contributed by atoms with Crippen molar-refractivity contribution in [2.75, 3.05) is 5.32 Å². The molecular weight excluding hydrogens is 278 g/mol. The maximum atomic E-state index is 12.4. The molecule has 0 atom stereocenters. The first-order valence-electron chi connectivity index (χ1n) is 7.15. The Balaban J connectivity index is 2.22. The van der Waals surface area contributed by atoms with Crippen LogP contribution in [0, 0.1) is 0 Å². The minimum absolute atomic E-state index is 0.0185. The van der Waals surface area contributed by atoms with E-state index in [0.29, 0.717) is 22.6 Å². The van der Waals surface area contributed by atoms with Crippen molar-refractivity contribution < 1.29 is 14.3 Å². The van der Waals surface area contributed by atoms with E-state index in [4.69, 9.17) is 4.74 Å². The molecule has 114 valence electrons. The topological polar surface area (TPSA) is 55.4 Å². The van der Waals surface area contributed by atoms with Crippen molar-refractivity contribution in [3.8, 4) is 5.75 Å². The Labute approximate surface area is 130 Å². The van der Waals surface area contributed by atoms with Gasteiger partial charge in [0.2, 0.25) is 0 Å². The Morgan fingerprint density at radius 2 is 1.77 bits per heavy atom. The molecule has 4 heteroatoms. The molecular formula is C18H19NO3. The van der Waals surface area contributed by atoms with E-state index in [1.165, 1.54) is 6.92 Å². The van der Waals surface area contributed by atoms with Gasteiger partial charge in [0.25, 0.3) is 5.91 Å². The Hall–Kier alpha value is -2.62. The molecule has 0 heterocycles. The van der Waals surface area contributed by atoms with Crippen LogP contribution < -0.4 is 10.1 Å². The van der Waals surface area contributed by atoms with Gasteiger partial charge in [0.1, 0.15) is 5.75 Å². The fourth-order valence-electron chi connectivity index (χ4n) is 2.03. The molecule has 1 N–H and O–H groups in total. The van der Waals surface area contributed by atoms with Gasteiger partial charge in [-0.1, -0.05) is 24.3 Å². The molecule has 0 aliphatic rings. The lowest BCUT2D eigenvalue weighted by atomic mass is 10.1. The summed E-state index contributed by atoms with van der Waals surface area (Å²) in [6.45, 7) is 5.31. The predicted molar refractivity (Wildman–Crippen MR) is 86.6 cm³/mol. The molecule has 0 saturated heterocycles. The Kier molecular flexibility index (Phi) is 4.94. The minimum atomic E-state index is -0.267. The van der Waals surface area contributed by atoms with Crippen LogP contribution in [-0.2, 0) is 0 Å². The van der Waals surface area contributed by atoms with Crippen LogP contribution in [0.5, 0.6) is 5.75 Å². The van der Waals surface area contributed by atoms with E-state index in [9.17, 15) is 9.59 Å². The maximum Gasteiger partial charge on any atom is 0.259 e. The van der Waals surface area contributed by atoms with E-state index in [1.54, 1.807) is 42.5 Å². The van der Waals surface area contributed by atoms with Gasteiger partial charge < -0.3 is 10.1 Å². The number of hydrogen-bond acceptors (Lipinski definition) is 3. The second kappa shape index (κ2) is 6.89. The van der Waals surface area contributed by atoms with Crippen LogP contribution in [0.1, 0.15) is 41.5 Å². The number of ketones is 1. The SMILES string of the molecule is CC(=O)c1cccc(NC(=O)c2ccccc2OC(C)C)c1. The summed E-state index contributed by atoms with van der Waals surface area (Å²) < 4.78 is 5.65. The molecule has 0 radical (unpaired) electrons. The smallest absolute Gasteiger partial charge is 0.259 e. The highest BCUT2D eigenvalue weighted by Gasteiger charge is 2.13. The number of rotatable bonds is 5. The molecule has 0 aromatic heterocycles. The second-order valence-electron chi connectivity index (χ2n) is 5.25. The van der Waals surface area contributed by atoms with Crippen LogP contribution in [0.3, 0.4) is 0 Å². The number of carbonyl (C=O) groups is 2. The maximum absolute atomic E-state index is 12.4. The first kappa shape index (κ1) is 15.8. The lowest BCUT2D eigenvalue weighted by Crippen LogP contribution is -2.15. The minimum Gasteiger partial charge on any atom is -0.490 e. The molecule has 2 rings (SSSR count). The monoisotopic (exact) mass is 297 g/mol. The number of benzene rings is 2. The van der Waals surface area contributed by atoms with Gasteiger partial charge in [0.05, 0.1) is 11.7 Å². The van der Waals surface area contributed by atoms with E-state index in [-0.39, 0.29) is 17.8 Å². The van der Waals surface area contributed by atoms with Crippen molar-refractivity contribution in [3.05, 3.63) is 59.7 Å². The van der Waals surface area contributed by atoms with E-state index < -0.39 is 0 Å². The zero-order valence-corrected chi connectivity index (χ0v) is 12.9. The summed E-state index contributed by atoms with van der Waals surface area (Å²) in [4.78, 5) is 23.8. The lowest BCUT2D eigenvalue weighted by molar-refractivity contribution is 0.100. The van der Waals surface area contributed by atoms with Crippen LogP contribution >= 0.6 is 0 Å². The molecule has 2 aromatic carbocycles. The molecule has 0 aliphatic heterocycles. The summed E-state index contributed by atoms with van der Waals surface area (Å²) in [7, 11) is 0. The Morgan fingerprint density at radius 3 is 2.45 bits per heavy atom. The normalized spacial score (nSPS) is 10.4. The molecule has 1 amide bonds. The second-order valence-corrected chi connectivity index (χ2v) is 5.25. The summed E-state index contributed by atoms with van der Waals surface area (Å²) in [6.07, 6.45) is -0.0185. The number of carbonyl (C=O) groups excluding carboxylic acids is 2. The van der Waals surface area contributed by atoms with Gasteiger partial charge >= 0.3 is 0 Å². The Bertz CT molecular complexity index is 692. The molecule has 4 nitrogen and oxygen atoms in total. The Morgan fingerprint density at radius 1 is 1.05 bits per heavy atom. The van der Waals surface area contributed by atoms with Crippen LogP contribution in [0.25, 0.3) is 0 Å². The van der Waals surface area contributed by atoms with Crippen LogP contribution in [0.4, 0.5) is 5.69 Å². The molecule has 0 spiro atoms. The van der Waals surface area contributed by atoms with Crippen LogP contribution in [-0.4, -0.2) is 17.8 Å². The van der Waals surface area contributed by atoms with Crippen LogP contribution in [0.15, 0.2) is 48.5 Å². The quantitative estimate of drug-likeness (QED) is 0.851. The van der Waals surface area contributed by atoms with Gasteiger partial charge in [-0.25, -0.2) is 0 Å². The average molecular weight is 297 g/mol. The van der Waals surface area contributed by atoms with Crippen molar-refractivity contribution in [3.63, 3.8) is 0 Å². The number of hydrogen-bond donors (Lipinski definition) is 1. The summed E-state index contributed by atoms with van der Waals surface area (Å²) in [5, 5.41) is 2.80. The first-order valence-corrected chi connectivity index (χ1v) is 7.15. The molecule has 0 saturated carbocycles. The van der Waals surface area contributed by atoms with Crippen molar-refractivity contribution in [1.29, 1.82) is 0 Å². The van der Waals surface area contributed by atoms with Gasteiger partial charge in [0.15, 0.2) is 5.78 Å². The number of Topliss-reactive ketones (excluding diaryl/α,β-unsaturated/α-hetero) is 1. The fraction of sp³-hybridized carbons (Fsp3) is 0.222. The van der Waals surface area contributed by atoms with E-state index in [0.717, 1.165) is 0 Å². The lowest BCUT2D eigenvalue weighted by Gasteiger charge is -2.14. The van der Waals surface area contributed by atoms with E-state index >= 15 is 0 Å². The molecule has 2 aromatic rings. The summed E-state index contributed by atoms with van der Waals surface area (Å²) in [6, 6.07) is 13.9. The molecule has 0 unspecified atom stereocenters. The third-order valence-electron chi connectivity index (χ3n) is 3.02. The highest BCUT2D eigenvalue weighted by molar-refractivity contribution is 6.06. The average Bonchev–Trinajstić information content (AvgIpc) is 2.47. The van der Waals surface area contributed by atoms with Crippen molar-refractivity contribution in [2.45, 2.75) is 26.9 Å². The van der Waals surface area contributed by atoms with Crippen molar-refractivity contribution in [1.82, 2.24) is 0 Å². The standard InChI is InChI=1S/C18H19NO3/c1-12(2)22-17-10-5-4-9-16(17)18(21)19-15-8-6-7-14(11-15)13(3)20/h4-12H,1-3H3,(H,19,21). The fourth-order valence-corrected chi connectivity index (χ4v) is 2.03. The number of ether oxygens (including phenoxy) is 1. The number of nitrogens with one attached hydrogen (secondary N) is 1. The number of para-hydroxylation sites is 1. The third kappa shape index (κ3) is 3.95. The zero-order chi connectivity index (χ0) is 16.1. The first-order chi connectivity index (χ1) is 10.5. The third-order valence-corrected chi connectivity index (χ3v) is 3.02. The van der Waals surface area contributed by atoms with Gasteiger partial charge in [-0.3, -0.25) is 9.59 Å². The van der Waals surface area contributed by atoms with Gasteiger partial charge in [-0.15, -0.1) is 0 Å². The van der Waals surface area contributed by atoms with E-state index in [1.807, 2.05) is 19.9 Å². The molecule has 0 bridgehead atoms. The predicted octanol–water partition coefficient (Wildman–Crippen LogP) is 3.93. The number of anilines is 1. The van der Waals surface area contributed by atoms with Gasteiger partial charge in [-0.2, -0.15) is 0 Å². The van der Waals surface area contributed by atoms with Crippen molar-refractivity contribution >= 4 is 17.4 Å². The van der Waals surface area contributed by atoms with Gasteiger partial charge in [-0.05, 0) is 45.0 Å². The van der Waals surface area contributed by atoms with E-state index in [2.05, 4.69) is 5.32 Å². The number of amides is 1. The van der Waals surface area contributed by atoms with Gasteiger partial charge in [0, 0.05) is 11.3 Å². The zero-order valence-electron chi connectivity index (χ0n) is 12.9. The summed E-state index contributed by atoms with van der Waals surface area (Å²) in [5.74, 6) is 0.231. The summed E-state index contributed by atoms with van der Waals surface area (Å²) in [5.41, 5.74) is 1.60. The summed E-state index contributed by atoms with van der Waals surface area (Å²) >= 11 is 0. The highest BCUT2D eigenvalue weighted by atomic mass is 16.5. The highest BCUT2D eigenvalue weighted by Crippen LogP contribution is 2.21. The largest absolute Gasteiger partial charge is 0.490 e. The molecule has 22 heavy (non-hydrogen) atoms. The molecule has 0 fully saturated rings. The van der Waals surface area contributed by atoms with Crippen LogP contribution in [0.2, 0.25) is 0 Å². The molecule has 0 aliphatic carbocycles. The van der Waals surface area contributed by atoms with Crippen molar-refractivity contribution in [2.24, 2.45) is 0 Å².